The molecule has 2 saturated carbocycles. The van der Waals surface area contributed by atoms with Crippen LogP contribution < -0.4 is 10.6 Å². The summed E-state index contributed by atoms with van der Waals surface area (Å²) in [5.74, 6) is 0.781. The number of hydrogen-bond donors (Lipinski definition) is 2. The summed E-state index contributed by atoms with van der Waals surface area (Å²) in [5, 5.41) is 7.75. The van der Waals surface area contributed by atoms with Crippen molar-refractivity contribution in [1.82, 2.24) is 15.5 Å². The van der Waals surface area contributed by atoms with Crippen LogP contribution in [0, 0.1) is 5.92 Å². The number of piperidine rings is 1. The van der Waals surface area contributed by atoms with Gasteiger partial charge in [0.1, 0.15) is 0 Å². The zero-order valence-electron chi connectivity index (χ0n) is 14.6. The van der Waals surface area contributed by atoms with E-state index in [1.807, 2.05) is 0 Å². The first-order valence-corrected chi connectivity index (χ1v) is 10.2. The molecule has 2 N–H and O–H groups in total. The number of nitrogens with one attached hydrogen (secondary N) is 2. The molecule has 0 aromatic rings. The third-order valence-corrected chi connectivity index (χ3v) is 6.86. The zero-order chi connectivity index (χ0) is 15.5. The number of morpholine rings is 1. The van der Waals surface area contributed by atoms with E-state index in [0.29, 0.717) is 6.04 Å². The Balaban J connectivity index is 1.25. The minimum absolute atomic E-state index is 0.585. The number of ether oxygens (including phenoxy) is 1. The molecular weight excluding hydrogens is 286 g/mol. The summed E-state index contributed by atoms with van der Waals surface area (Å²) in [6.07, 6.45) is 12.7. The molecule has 4 rings (SSSR count). The minimum atomic E-state index is 0.585. The van der Waals surface area contributed by atoms with Gasteiger partial charge in [0.25, 0.3) is 0 Å². The second-order valence-electron chi connectivity index (χ2n) is 8.25. The van der Waals surface area contributed by atoms with Crippen LogP contribution in [0.1, 0.15) is 57.8 Å². The van der Waals surface area contributed by atoms with E-state index in [2.05, 4.69) is 15.5 Å². The molecule has 2 aliphatic carbocycles. The molecule has 0 radical (unpaired) electrons. The van der Waals surface area contributed by atoms with E-state index in [0.717, 1.165) is 43.8 Å². The van der Waals surface area contributed by atoms with Crippen LogP contribution in [0.3, 0.4) is 0 Å². The van der Waals surface area contributed by atoms with Crippen LogP contribution in [-0.4, -0.2) is 61.9 Å². The van der Waals surface area contributed by atoms with Gasteiger partial charge in [-0.2, -0.15) is 0 Å². The molecule has 0 bridgehead atoms. The molecule has 132 valence electrons. The quantitative estimate of drug-likeness (QED) is 0.832. The molecular formula is C19H35N3O. The molecule has 3 atom stereocenters. The van der Waals surface area contributed by atoms with Crippen molar-refractivity contribution in [3.8, 4) is 0 Å². The van der Waals surface area contributed by atoms with Crippen LogP contribution in [0.2, 0.25) is 0 Å². The van der Waals surface area contributed by atoms with Crippen molar-refractivity contribution in [2.24, 2.45) is 5.92 Å². The molecule has 2 aliphatic heterocycles. The summed E-state index contributed by atoms with van der Waals surface area (Å²) in [7, 11) is 0. The fourth-order valence-corrected chi connectivity index (χ4v) is 5.54. The van der Waals surface area contributed by atoms with Crippen LogP contribution in [0.5, 0.6) is 0 Å². The summed E-state index contributed by atoms with van der Waals surface area (Å²) in [4.78, 5) is 2.79. The van der Waals surface area contributed by atoms with Crippen molar-refractivity contribution in [2.75, 3.05) is 32.8 Å². The summed E-state index contributed by atoms with van der Waals surface area (Å²) < 4.78 is 5.71. The summed E-state index contributed by atoms with van der Waals surface area (Å²) in [6.45, 7) is 5.49. The number of likely N-dealkylation sites (tertiary alicyclic amines) is 1. The van der Waals surface area contributed by atoms with Gasteiger partial charge in [-0.3, -0.25) is 0 Å². The number of rotatable bonds is 4. The van der Waals surface area contributed by atoms with Crippen LogP contribution in [0.4, 0.5) is 0 Å². The Morgan fingerprint density at radius 3 is 2.48 bits per heavy atom. The molecule has 0 spiro atoms. The second kappa shape index (κ2) is 7.81. The fourth-order valence-electron chi connectivity index (χ4n) is 5.54. The molecule has 2 heterocycles. The molecule has 0 aromatic carbocycles. The van der Waals surface area contributed by atoms with Gasteiger partial charge in [0.05, 0.1) is 13.2 Å². The van der Waals surface area contributed by atoms with Crippen molar-refractivity contribution in [3.63, 3.8) is 0 Å². The smallest absolute Gasteiger partial charge is 0.0623 e. The Kier molecular flexibility index (Phi) is 5.54. The molecule has 4 aliphatic rings. The monoisotopic (exact) mass is 321 g/mol. The molecule has 3 unspecified atom stereocenters. The molecule has 2 saturated heterocycles. The van der Waals surface area contributed by atoms with Crippen LogP contribution in [-0.2, 0) is 4.74 Å². The van der Waals surface area contributed by atoms with E-state index in [4.69, 9.17) is 4.74 Å². The lowest BCUT2D eigenvalue weighted by Gasteiger charge is -2.39. The highest BCUT2D eigenvalue weighted by Gasteiger charge is 2.36. The maximum Gasteiger partial charge on any atom is 0.0623 e. The fraction of sp³-hybridized carbons (Fsp3) is 1.00. The molecule has 4 nitrogen and oxygen atoms in total. The average molecular weight is 322 g/mol. The van der Waals surface area contributed by atoms with Crippen molar-refractivity contribution in [1.29, 1.82) is 0 Å². The van der Waals surface area contributed by atoms with Gasteiger partial charge in [-0.15, -0.1) is 0 Å². The Morgan fingerprint density at radius 2 is 1.74 bits per heavy atom. The Morgan fingerprint density at radius 1 is 0.913 bits per heavy atom. The Hall–Kier alpha value is -0.160. The first-order chi connectivity index (χ1) is 11.4. The van der Waals surface area contributed by atoms with Gasteiger partial charge in [0, 0.05) is 30.7 Å². The number of hydrogen-bond acceptors (Lipinski definition) is 4. The van der Waals surface area contributed by atoms with Gasteiger partial charge in [0.2, 0.25) is 0 Å². The summed E-state index contributed by atoms with van der Waals surface area (Å²) in [5.41, 5.74) is 0. The zero-order valence-corrected chi connectivity index (χ0v) is 14.6. The van der Waals surface area contributed by atoms with E-state index in [9.17, 15) is 0 Å². The summed E-state index contributed by atoms with van der Waals surface area (Å²) >= 11 is 0. The van der Waals surface area contributed by atoms with E-state index in [-0.39, 0.29) is 0 Å². The third kappa shape index (κ3) is 3.92. The van der Waals surface area contributed by atoms with E-state index < -0.39 is 0 Å². The molecule has 0 aromatic heterocycles. The highest BCUT2D eigenvalue weighted by molar-refractivity contribution is 4.94. The van der Waals surface area contributed by atoms with Crippen molar-refractivity contribution in [3.05, 3.63) is 0 Å². The largest absolute Gasteiger partial charge is 0.379 e. The van der Waals surface area contributed by atoms with Crippen LogP contribution in [0.25, 0.3) is 0 Å². The van der Waals surface area contributed by atoms with Crippen LogP contribution >= 0.6 is 0 Å². The Bertz CT molecular complexity index is 358. The van der Waals surface area contributed by atoms with E-state index >= 15 is 0 Å². The van der Waals surface area contributed by atoms with Gasteiger partial charge in [-0.25, -0.2) is 0 Å². The molecule has 23 heavy (non-hydrogen) atoms. The van der Waals surface area contributed by atoms with Gasteiger partial charge >= 0.3 is 0 Å². The summed E-state index contributed by atoms with van der Waals surface area (Å²) in [6, 6.07) is 2.97. The SMILES string of the molecule is C1CC(NC2CCN(C3CCCC3)CC2)C(C2COCCN2)C1. The maximum atomic E-state index is 5.71. The molecule has 0 amide bonds. The molecule has 4 fully saturated rings. The van der Waals surface area contributed by atoms with Crippen LogP contribution in [0.15, 0.2) is 0 Å². The average Bonchev–Trinajstić information content (AvgIpc) is 3.28. The predicted octanol–water partition coefficient (Wildman–Crippen LogP) is 2.14. The number of nitrogens with zero attached hydrogens (tertiary/aromatic N) is 1. The lowest BCUT2D eigenvalue weighted by atomic mass is 9.92. The topological polar surface area (TPSA) is 36.5 Å². The lowest BCUT2D eigenvalue weighted by molar-refractivity contribution is 0.0501. The highest BCUT2D eigenvalue weighted by atomic mass is 16.5. The minimum Gasteiger partial charge on any atom is -0.379 e. The van der Waals surface area contributed by atoms with Crippen molar-refractivity contribution in [2.45, 2.75) is 82.0 Å². The van der Waals surface area contributed by atoms with E-state index in [1.165, 1.54) is 70.9 Å². The van der Waals surface area contributed by atoms with Gasteiger partial charge in [-0.1, -0.05) is 19.3 Å². The van der Waals surface area contributed by atoms with E-state index in [1.54, 1.807) is 0 Å². The first-order valence-electron chi connectivity index (χ1n) is 10.2. The second-order valence-corrected chi connectivity index (χ2v) is 8.25. The normalized spacial score (nSPS) is 38.3. The standard InChI is InChI=1S/C19H35N3O/c1-2-5-16(4-1)22-11-8-15(9-12-22)21-18-7-3-6-17(18)19-14-23-13-10-20-19/h15-21H,1-14H2. The van der Waals surface area contributed by atoms with Gasteiger partial charge in [-0.05, 0) is 57.5 Å². The predicted molar refractivity (Wildman–Crippen MR) is 93.7 cm³/mol. The Labute approximate surface area is 141 Å². The lowest BCUT2D eigenvalue weighted by Crippen LogP contribution is -2.54. The maximum absolute atomic E-state index is 5.71. The van der Waals surface area contributed by atoms with Gasteiger partial charge < -0.3 is 20.3 Å². The third-order valence-electron chi connectivity index (χ3n) is 6.86. The van der Waals surface area contributed by atoms with Crippen molar-refractivity contribution < 1.29 is 4.74 Å². The van der Waals surface area contributed by atoms with Gasteiger partial charge in [0.15, 0.2) is 0 Å². The highest BCUT2D eigenvalue weighted by Crippen LogP contribution is 2.31. The first kappa shape index (κ1) is 16.3. The van der Waals surface area contributed by atoms with Crippen molar-refractivity contribution >= 4 is 0 Å². The molecule has 4 heteroatoms.